The van der Waals surface area contributed by atoms with E-state index in [4.69, 9.17) is 10.2 Å². The lowest BCUT2D eigenvalue weighted by Crippen LogP contribution is -2.03. The van der Waals surface area contributed by atoms with E-state index in [9.17, 15) is 9.59 Å². The highest BCUT2D eigenvalue weighted by molar-refractivity contribution is 9.10. The van der Waals surface area contributed by atoms with Crippen LogP contribution in [0.3, 0.4) is 0 Å². The summed E-state index contributed by atoms with van der Waals surface area (Å²) in [5, 5.41) is 18.0. The highest BCUT2D eigenvalue weighted by Gasteiger charge is 2.17. The molecule has 0 aromatic heterocycles. The zero-order valence-corrected chi connectivity index (χ0v) is 23.3. The van der Waals surface area contributed by atoms with Crippen molar-refractivity contribution >= 4 is 63.2 Å². The Bertz CT molecular complexity index is 857. The SMILES string of the molecule is O=C(O)CCSC(SCCC(=O)O)c1ccccc1CCCCCCCSc1ccc(Br)cc1. The molecule has 0 unspecified atom stereocenters. The molecule has 186 valence electrons. The topological polar surface area (TPSA) is 74.6 Å². The standard InChI is InChI=1S/C26H33BrO4S3/c27-21-11-13-22(14-12-21)32-17-7-3-1-2-4-8-20-9-5-6-10-23(20)26(33-18-15-24(28)29)34-19-16-25(30)31/h5-6,9-14,26H,1-4,7-8,15-19H2,(H,28,29)(H,30,31). The normalized spacial score (nSPS) is 11.1. The Morgan fingerprint density at radius 1 is 0.765 bits per heavy atom. The molecule has 2 N–H and O–H groups in total. The number of thioether (sulfide) groups is 3. The molecule has 34 heavy (non-hydrogen) atoms. The summed E-state index contributed by atoms with van der Waals surface area (Å²) >= 11 is 8.59. The van der Waals surface area contributed by atoms with E-state index in [1.54, 1.807) is 23.5 Å². The van der Waals surface area contributed by atoms with Gasteiger partial charge in [0.2, 0.25) is 0 Å². The maximum atomic E-state index is 10.9. The smallest absolute Gasteiger partial charge is 0.304 e. The third kappa shape index (κ3) is 12.6. The third-order valence-corrected chi connectivity index (χ3v) is 9.59. The predicted octanol–water partition coefficient (Wildman–Crippen LogP) is 8.15. The highest BCUT2D eigenvalue weighted by atomic mass is 79.9. The maximum absolute atomic E-state index is 10.9. The van der Waals surface area contributed by atoms with Gasteiger partial charge in [0.1, 0.15) is 0 Å². The van der Waals surface area contributed by atoms with Crippen LogP contribution in [-0.2, 0) is 16.0 Å². The fourth-order valence-corrected chi connectivity index (χ4v) is 7.37. The van der Waals surface area contributed by atoms with Gasteiger partial charge in [0.15, 0.2) is 0 Å². The number of hydrogen-bond donors (Lipinski definition) is 2. The summed E-state index contributed by atoms with van der Waals surface area (Å²) in [6, 6.07) is 16.8. The molecule has 0 aliphatic carbocycles. The van der Waals surface area contributed by atoms with Crippen molar-refractivity contribution in [3.63, 3.8) is 0 Å². The third-order valence-electron chi connectivity index (χ3n) is 5.15. The molecule has 0 aliphatic heterocycles. The van der Waals surface area contributed by atoms with Crippen molar-refractivity contribution in [2.24, 2.45) is 0 Å². The lowest BCUT2D eigenvalue weighted by Gasteiger charge is -2.20. The summed E-state index contributed by atoms with van der Waals surface area (Å²) in [6.07, 6.45) is 7.24. The molecule has 0 radical (unpaired) electrons. The van der Waals surface area contributed by atoms with Gasteiger partial charge in [-0.2, -0.15) is 0 Å². The van der Waals surface area contributed by atoms with Crippen molar-refractivity contribution in [1.82, 2.24) is 0 Å². The van der Waals surface area contributed by atoms with E-state index < -0.39 is 11.9 Å². The quantitative estimate of drug-likeness (QED) is 0.104. The number of hydrogen-bond acceptors (Lipinski definition) is 5. The summed E-state index contributed by atoms with van der Waals surface area (Å²) in [4.78, 5) is 23.2. The highest BCUT2D eigenvalue weighted by Crippen LogP contribution is 2.42. The van der Waals surface area contributed by atoms with E-state index in [-0.39, 0.29) is 17.4 Å². The molecule has 0 heterocycles. The molecular formula is C26H33BrO4S3. The van der Waals surface area contributed by atoms with Crippen LogP contribution in [0.2, 0.25) is 0 Å². The van der Waals surface area contributed by atoms with Gasteiger partial charge in [-0.3, -0.25) is 9.59 Å². The Balaban J connectivity index is 1.75. The van der Waals surface area contributed by atoms with Crippen molar-refractivity contribution in [1.29, 1.82) is 0 Å². The minimum atomic E-state index is -0.801. The molecule has 0 atom stereocenters. The minimum Gasteiger partial charge on any atom is -0.481 e. The molecule has 0 aliphatic rings. The fraction of sp³-hybridized carbons (Fsp3) is 0.462. The van der Waals surface area contributed by atoms with Crippen molar-refractivity contribution in [3.8, 4) is 0 Å². The Morgan fingerprint density at radius 3 is 2.00 bits per heavy atom. The molecule has 2 aromatic rings. The molecule has 4 nitrogen and oxygen atoms in total. The molecule has 0 bridgehead atoms. The van der Waals surface area contributed by atoms with Gasteiger partial charge < -0.3 is 10.2 Å². The first-order valence-corrected chi connectivity index (χ1v) is 15.5. The Hall–Kier alpha value is -1.09. The van der Waals surface area contributed by atoms with Crippen molar-refractivity contribution in [3.05, 3.63) is 64.1 Å². The predicted molar refractivity (Wildman–Crippen MR) is 150 cm³/mol. The van der Waals surface area contributed by atoms with E-state index in [1.807, 2.05) is 17.8 Å². The number of benzene rings is 2. The number of aliphatic carboxylic acids is 2. The largest absolute Gasteiger partial charge is 0.481 e. The van der Waals surface area contributed by atoms with Gasteiger partial charge in [0.25, 0.3) is 0 Å². The van der Waals surface area contributed by atoms with E-state index in [0.29, 0.717) is 11.5 Å². The second-order valence-corrected chi connectivity index (χ2v) is 12.7. The number of carboxylic acids is 2. The first-order valence-electron chi connectivity index (χ1n) is 11.6. The Labute approximate surface area is 224 Å². The van der Waals surface area contributed by atoms with Crippen LogP contribution in [0, 0.1) is 0 Å². The number of rotatable bonds is 18. The number of carbonyl (C=O) groups is 2. The summed E-state index contributed by atoms with van der Waals surface area (Å²) in [7, 11) is 0. The van der Waals surface area contributed by atoms with Gasteiger partial charge in [-0.25, -0.2) is 0 Å². The molecule has 0 amide bonds. The van der Waals surface area contributed by atoms with Crippen LogP contribution in [-0.4, -0.2) is 39.4 Å². The van der Waals surface area contributed by atoms with Crippen molar-refractivity contribution < 1.29 is 19.8 Å². The summed E-state index contributed by atoms with van der Waals surface area (Å²) in [5.41, 5.74) is 2.50. The molecule has 2 aromatic carbocycles. The van der Waals surface area contributed by atoms with Crippen LogP contribution < -0.4 is 0 Å². The van der Waals surface area contributed by atoms with Crippen LogP contribution >= 0.6 is 51.2 Å². The van der Waals surface area contributed by atoms with E-state index >= 15 is 0 Å². The summed E-state index contributed by atoms with van der Waals surface area (Å²) in [5.74, 6) is 0.586. The van der Waals surface area contributed by atoms with E-state index in [2.05, 4.69) is 58.4 Å². The second-order valence-electron chi connectivity index (χ2n) is 7.88. The first kappa shape index (κ1) is 29.1. The van der Waals surface area contributed by atoms with Crippen molar-refractivity contribution in [2.75, 3.05) is 17.3 Å². The van der Waals surface area contributed by atoms with E-state index in [1.165, 1.54) is 41.7 Å². The van der Waals surface area contributed by atoms with Gasteiger partial charge >= 0.3 is 11.9 Å². The Morgan fingerprint density at radius 2 is 1.35 bits per heavy atom. The zero-order valence-electron chi connectivity index (χ0n) is 19.3. The minimum absolute atomic E-state index is 0.0607. The number of unbranched alkanes of at least 4 members (excludes halogenated alkanes) is 4. The van der Waals surface area contributed by atoms with Crippen LogP contribution in [0.15, 0.2) is 57.9 Å². The maximum Gasteiger partial charge on any atom is 0.304 e. The van der Waals surface area contributed by atoms with Crippen LogP contribution in [0.4, 0.5) is 0 Å². The summed E-state index contributed by atoms with van der Waals surface area (Å²) in [6.45, 7) is 0. The van der Waals surface area contributed by atoms with Crippen LogP contribution in [0.25, 0.3) is 0 Å². The van der Waals surface area contributed by atoms with Crippen LogP contribution in [0.1, 0.15) is 60.7 Å². The molecule has 0 saturated carbocycles. The van der Waals surface area contributed by atoms with Crippen molar-refractivity contribution in [2.45, 2.75) is 60.8 Å². The summed E-state index contributed by atoms with van der Waals surface area (Å²) < 4.78 is 1.17. The number of aryl methyl sites for hydroxylation is 1. The van der Waals surface area contributed by atoms with Gasteiger partial charge in [-0.1, -0.05) is 59.5 Å². The first-order chi connectivity index (χ1) is 16.5. The lowest BCUT2D eigenvalue weighted by molar-refractivity contribution is -0.137. The number of carboxylic acid groups (broad SMARTS) is 2. The van der Waals surface area contributed by atoms with Gasteiger partial charge in [-0.05, 0) is 60.4 Å². The number of halogens is 1. The average molecular weight is 586 g/mol. The molecule has 0 fully saturated rings. The van der Waals surface area contributed by atoms with Gasteiger partial charge in [0, 0.05) is 20.9 Å². The molecule has 8 heteroatoms. The Kier molecular flexibility index (Phi) is 14.9. The van der Waals surface area contributed by atoms with Crippen LogP contribution in [0.5, 0.6) is 0 Å². The van der Waals surface area contributed by atoms with Gasteiger partial charge in [0.05, 0.1) is 17.4 Å². The molecule has 0 spiro atoms. The van der Waals surface area contributed by atoms with E-state index in [0.717, 1.165) is 23.1 Å². The molecule has 2 rings (SSSR count). The fourth-order valence-electron chi connectivity index (χ4n) is 3.39. The zero-order chi connectivity index (χ0) is 24.6. The lowest BCUT2D eigenvalue weighted by atomic mass is 10.0. The second kappa shape index (κ2) is 17.4. The monoisotopic (exact) mass is 584 g/mol. The van der Waals surface area contributed by atoms with Gasteiger partial charge in [-0.15, -0.1) is 35.3 Å². The average Bonchev–Trinajstić information content (AvgIpc) is 2.81. The molecular weight excluding hydrogens is 552 g/mol. The molecule has 0 saturated heterocycles.